The fraction of sp³-hybridized carbons (Fsp3) is 0.511. The minimum Gasteiger partial charge on any atom is -0.465 e. The summed E-state index contributed by atoms with van der Waals surface area (Å²) in [7, 11) is 2.76. The number of carbonyl (C=O) groups excluding carboxylic acids is 5. The van der Waals surface area contributed by atoms with Crippen molar-refractivity contribution in [2.24, 2.45) is 23.7 Å². The monoisotopic (exact) mass is 769 g/mol. The van der Waals surface area contributed by atoms with E-state index in [2.05, 4.69) is 17.2 Å². The molecule has 5 rings (SSSR count). The Morgan fingerprint density at radius 3 is 1.95 bits per heavy atom. The van der Waals surface area contributed by atoms with Crippen molar-refractivity contribution in [2.45, 2.75) is 104 Å². The van der Waals surface area contributed by atoms with Crippen molar-refractivity contribution in [1.82, 2.24) is 10.3 Å². The topological polar surface area (TPSA) is 164 Å². The van der Waals surface area contributed by atoms with Crippen LogP contribution in [0.15, 0.2) is 60.7 Å². The summed E-state index contributed by atoms with van der Waals surface area (Å²) >= 11 is 0. The van der Waals surface area contributed by atoms with Gasteiger partial charge in [-0.3, -0.25) is 14.4 Å². The molecular formula is C45H59N3O8. The minimum absolute atomic E-state index is 0.00810. The van der Waals surface area contributed by atoms with Gasteiger partial charge in [-0.05, 0) is 137 Å². The lowest BCUT2D eigenvalue weighted by molar-refractivity contribution is -0.148. The number of nitrogens with zero attached hydrogens (tertiary/aromatic N) is 1. The third-order valence-corrected chi connectivity index (χ3v) is 11.0. The standard InChI is InChI=1S/C26H33N3O4.C19H26O4/c1-16-20(10-12-24(27)28-16)9-11-23(30)17(2)29-25(31)21-8-7-19(14-21)13-18-5-4-6-22(15-18)26(32)33-3;1-3-4-10-23-19(21)17-9-8-15(13-17)11-14-6-5-7-16(12-14)18(20)22-2/h4-6,10,12,15,17,19,21H,7-9,11,13-14H2,1-3H3,(H2,27,28)(H,29,31);5-7,12,15,17H,3-4,8-11,13H2,1-2H3/t17-,19-,21+;15-,17+/m00/s1. The van der Waals surface area contributed by atoms with Crippen molar-refractivity contribution in [3.63, 3.8) is 0 Å². The number of ketones is 1. The highest BCUT2D eigenvalue weighted by Gasteiger charge is 2.32. The Morgan fingerprint density at radius 2 is 1.39 bits per heavy atom. The zero-order valence-electron chi connectivity index (χ0n) is 33.6. The summed E-state index contributed by atoms with van der Waals surface area (Å²) in [6.45, 7) is 6.25. The third-order valence-electron chi connectivity index (χ3n) is 11.0. The minimum atomic E-state index is -0.518. The van der Waals surface area contributed by atoms with Crippen LogP contribution in [0.25, 0.3) is 0 Å². The number of rotatable bonds is 16. The van der Waals surface area contributed by atoms with Gasteiger partial charge >= 0.3 is 17.9 Å². The Hall–Kier alpha value is -5.06. The number of aryl methyl sites for hydroxylation is 2. The van der Waals surface area contributed by atoms with Crippen LogP contribution in [0.2, 0.25) is 0 Å². The molecule has 0 saturated heterocycles. The molecular weight excluding hydrogens is 711 g/mol. The molecule has 56 heavy (non-hydrogen) atoms. The maximum atomic E-state index is 12.8. The number of anilines is 1. The summed E-state index contributed by atoms with van der Waals surface area (Å²) in [5.74, 6) is 0.544. The van der Waals surface area contributed by atoms with Gasteiger partial charge in [0.1, 0.15) is 5.82 Å². The number of unbranched alkanes of at least 4 members (excludes halogenated alkanes) is 1. The number of aromatic nitrogens is 1. The van der Waals surface area contributed by atoms with Crippen LogP contribution >= 0.6 is 0 Å². The van der Waals surface area contributed by atoms with E-state index in [4.69, 9.17) is 19.9 Å². The number of carbonyl (C=O) groups is 5. The van der Waals surface area contributed by atoms with Crippen molar-refractivity contribution in [1.29, 1.82) is 0 Å². The molecule has 0 unspecified atom stereocenters. The van der Waals surface area contributed by atoms with Crippen LogP contribution in [0.3, 0.4) is 0 Å². The van der Waals surface area contributed by atoms with Crippen LogP contribution in [0.5, 0.6) is 0 Å². The molecule has 2 aliphatic rings. The Morgan fingerprint density at radius 1 is 0.821 bits per heavy atom. The van der Waals surface area contributed by atoms with Gasteiger partial charge in [-0.25, -0.2) is 14.6 Å². The summed E-state index contributed by atoms with van der Waals surface area (Å²) in [6, 6.07) is 18.1. The molecule has 0 radical (unpaired) electrons. The Balaban J connectivity index is 0.000000265. The number of Topliss-reactive ketones (excluding diaryl/α,β-unsaturated/α-hetero) is 1. The second kappa shape index (κ2) is 21.9. The van der Waals surface area contributed by atoms with Gasteiger partial charge in [-0.15, -0.1) is 0 Å². The second-order valence-electron chi connectivity index (χ2n) is 15.2. The fourth-order valence-electron chi connectivity index (χ4n) is 7.72. The molecule has 5 atom stereocenters. The van der Waals surface area contributed by atoms with E-state index in [-0.39, 0.29) is 41.4 Å². The Kier molecular flexibility index (Phi) is 17.1. The highest BCUT2D eigenvalue weighted by Crippen LogP contribution is 2.35. The number of hydrogen-bond acceptors (Lipinski definition) is 10. The molecule has 1 amide bonds. The van der Waals surface area contributed by atoms with Crippen molar-refractivity contribution >= 4 is 35.4 Å². The number of methoxy groups -OCH3 is 2. The van der Waals surface area contributed by atoms with Crippen LogP contribution in [0.4, 0.5) is 5.82 Å². The van der Waals surface area contributed by atoms with Crippen LogP contribution in [-0.2, 0) is 47.9 Å². The number of benzene rings is 2. The van der Waals surface area contributed by atoms with Gasteiger partial charge in [-0.2, -0.15) is 0 Å². The van der Waals surface area contributed by atoms with E-state index in [9.17, 15) is 24.0 Å². The number of amides is 1. The van der Waals surface area contributed by atoms with Crippen molar-refractivity contribution in [3.8, 4) is 0 Å². The first-order valence-corrected chi connectivity index (χ1v) is 20.0. The van der Waals surface area contributed by atoms with E-state index in [1.807, 2.05) is 49.4 Å². The summed E-state index contributed by atoms with van der Waals surface area (Å²) in [5, 5.41) is 2.91. The molecule has 1 aromatic heterocycles. The number of pyridine rings is 1. The molecule has 2 fully saturated rings. The lowest BCUT2D eigenvalue weighted by atomic mass is 9.95. The average molecular weight is 770 g/mol. The number of nitrogen functional groups attached to an aromatic ring is 1. The van der Waals surface area contributed by atoms with E-state index in [1.54, 1.807) is 25.1 Å². The Bertz CT molecular complexity index is 1810. The van der Waals surface area contributed by atoms with E-state index in [0.717, 1.165) is 86.6 Å². The van der Waals surface area contributed by atoms with Gasteiger partial charge in [0, 0.05) is 18.0 Å². The summed E-state index contributed by atoms with van der Waals surface area (Å²) < 4.78 is 14.9. The number of esters is 3. The van der Waals surface area contributed by atoms with Crippen LogP contribution in [-0.4, -0.2) is 61.5 Å². The molecule has 11 heteroatoms. The fourth-order valence-corrected chi connectivity index (χ4v) is 7.72. The molecule has 0 aliphatic heterocycles. The highest BCUT2D eigenvalue weighted by molar-refractivity contribution is 5.90. The molecule has 3 aromatic rings. The largest absolute Gasteiger partial charge is 0.465 e. The van der Waals surface area contributed by atoms with Gasteiger partial charge in [-0.1, -0.05) is 43.7 Å². The van der Waals surface area contributed by atoms with E-state index < -0.39 is 6.04 Å². The number of nitrogens with two attached hydrogens (primary N) is 1. The van der Waals surface area contributed by atoms with E-state index >= 15 is 0 Å². The number of hydrogen-bond donors (Lipinski definition) is 2. The van der Waals surface area contributed by atoms with Gasteiger partial charge in [0.15, 0.2) is 5.78 Å². The summed E-state index contributed by atoms with van der Waals surface area (Å²) in [6.07, 6.45) is 9.98. The molecule has 1 heterocycles. The quantitative estimate of drug-likeness (QED) is 0.0865. The Labute approximate surface area is 331 Å². The lowest BCUT2D eigenvalue weighted by Gasteiger charge is -2.17. The smallest absolute Gasteiger partial charge is 0.337 e. The maximum absolute atomic E-state index is 12.8. The number of nitrogens with one attached hydrogen (secondary N) is 1. The molecule has 0 bridgehead atoms. The van der Waals surface area contributed by atoms with Gasteiger partial charge in [0.25, 0.3) is 0 Å². The zero-order valence-corrected chi connectivity index (χ0v) is 33.6. The predicted molar refractivity (Wildman–Crippen MR) is 215 cm³/mol. The first-order valence-electron chi connectivity index (χ1n) is 20.0. The summed E-state index contributed by atoms with van der Waals surface area (Å²) in [5.41, 5.74) is 10.8. The van der Waals surface area contributed by atoms with Crippen LogP contribution in [0.1, 0.15) is 115 Å². The molecule has 2 saturated carbocycles. The van der Waals surface area contributed by atoms with Gasteiger partial charge in [0.05, 0.1) is 43.9 Å². The average Bonchev–Trinajstić information content (AvgIpc) is 3.87. The second-order valence-corrected chi connectivity index (χ2v) is 15.2. The predicted octanol–water partition coefficient (Wildman–Crippen LogP) is 7.20. The van der Waals surface area contributed by atoms with Crippen LogP contribution < -0.4 is 11.1 Å². The third kappa shape index (κ3) is 13.3. The highest BCUT2D eigenvalue weighted by atomic mass is 16.5. The molecule has 2 aromatic carbocycles. The van der Waals surface area contributed by atoms with Crippen molar-refractivity contribution in [2.75, 3.05) is 26.6 Å². The maximum Gasteiger partial charge on any atom is 0.337 e. The van der Waals surface area contributed by atoms with Crippen molar-refractivity contribution in [3.05, 3.63) is 94.2 Å². The van der Waals surface area contributed by atoms with Crippen LogP contribution in [0, 0.1) is 30.6 Å². The molecule has 0 spiro atoms. The normalized spacial score (nSPS) is 19.2. The van der Waals surface area contributed by atoms with E-state index in [0.29, 0.717) is 48.2 Å². The first kappa shape index (κ1) is 43.7. The van der Waals surface area contributed by atoms with Gasteiger partial charge < -0.3 is 25.3 Å². The molecule has 302 valence electrons. The zero-order chi connectivity index (χ0) is 40.6. The van der Waals surface area contributed by atoms with Gasteiger partial charge in [0.2, 0.25) is 5.91 Å². The first-order chi connectivity index (χ1) is 26.9. The lowest BCUT2D eigenvalue weighted by Crippen LogP contribution is -2.41. The molecule has 11 nitrogen and oxygen atoms in total. The number of ether oxygens (including phenoxy) is 3. The summed E-state index contributed by atoms with van der Waals surface area (Å²) in [4.78, 5) is 64.9. The SMILES string of the molecule is CCCCOC(=O)[C@@H]1CC[C@@H](Cc2cccc(C(=O)OC)c2)C1.COC(=O)c1cccc(C[C@@H]2CC[C@@H](C(=O)N[C@@H](C)C(=O)CCc3ccc(N)nc3C)C2)c1. The van der Waals surface area contributed by atoms with E-state index in [1.165, 1.54) is 14.2 Å². The molecule has 3 N–H and O–H groups in total. The van der Waals surface area contributed by atoms with Crippen molar-refractivity contribution < 1.29 is 38.2 Å². The molecule has 2 aliphatic carbocycles.